The average Bonchev–Trinajstić information content (AvgIpc) is 3.12. The van der Waals surface area contributed by atoms with Crippen LogP contribution < -0.4 is 10.9 Å². The highest BCUT2D eigenvalue weighted by Crippen LogP contribution is 2.25. The predicted octanol–water partition coefficient (Wildman–Crippen LogP) is 4.81. The molecular formula is C22H20N4O2S3. The fourth-order valence-electron chi connectivity index (χ4n) is 3.10. The van der Waals surface area contributed by atoms with Gasteiger partial charge in [0, 0.05) is 18.4 Å². The highest BCUT2D eigenvalue weighted by atomic mass is 32.2. The molecule has 2 heterocycles. The number of amides is 1. The summed E-state index contributed by atoms with van der Waals surface area (Å²) >= 11 is 7.97. The van der Waals surface area contributed by atoms with Crippen molar-refractivity contribution >= 4 is 57.3 Å². The molecule has 9 heteroatoms. The summed E-state index contributed by atoms with van der Waals surface area (Å²) in [5.74, 6) is -0.0221. The van der Waals surface area contributed by atoms with E-state index in [1.54, 1.807) is 11.6 Å². The maximum Gasteiger partial charge on any atom is 0.273 e. The van der Waals surface area contributed by atoms with Crippen LogP contribution in [0.1, 0.15) is 12.5 Å². The Morgan fingerprint density at radius 1 is 1.16 bits per heavy atom. The molecule has 1 amide bonds. The average molecular weight is 469 g/mol. The zero-order chi connectivity index (χ0) is 22.0. The summed E-state index contributed by atoms with van der Waals surface area (Å²) in [6.07, 6.45) is 0.948. The zero-order valence-corrected chi connectivity index (χ0v) is 19.4. The van der Waals surface area contributed by atoms with Gasteiger partial charge in [0.25, 0.3) is 5.56 Å². The maximum atomic E-state index is 12.9. The van der Waals surface area contributed by atoms with Gasteiger partial charge < -0.3 is 5.32 Å². The Hall–Kier alpha value is -2.75. The standard InChI is InChI=1S/C22H20N4O2S3/c1-3-14-9-11-15(12-10-14)23-17(27)13-30-21-24-19-18(20(28)25(21)2)31-22(29)26(19)16-7-5-4-6-8-16/h4-12H,3,13H2,1-2H3,(H,23,27). The number of nitrogens with zero attached hydrogens (tertiary/aromatic N) is 3. The van der Waals surface area contributed by atoms with E-state index < -0.39 is 0 Å². The van der Waals surface area contributed by atoms with Crippen molar-refractivity contribution in [2.45, 2.75) is 18.5 Å². The fraction of sp³-hybridized carbons (Fsp3) is 0.182. The third-order valence-electron chi connectivity index (χ3n) is 4.77. The minimum Gasteiger partial charge on any atom is -0.325 e. The molecule has 0 spiro atoms. The first-order valence-corrected chi connectivity index (χ1v) is 11.9. The van der Waals surface area contributed by atoms with Gasteiger partial charge in [-0.1, -0.05) is 60.4 Å². The molecule has 158 valence electrons. The van der Waals surface area contributed by atoms with E-state index in [1.807, 2.05) is 54.6 Å². The number of thioether (sulfide) groups is 1. The molecule has 0 saturated heterocycles. The number of thiazole rings is 1. The zero-order valence-electron chi connectivity index (χ0n) is 17.0. The van der Waals surface area contributed by atoms with Gasteiger partial charge in [0.15, 0.2) is 14.8 Å². The molecule has 0 radical (unpaired) electrons. The van der Waals surface area contributed by atoms with E-state index in [0.717, 1.165) is 17.8 Å². The van der Waals surface area contributed by atoms with Crippen molar-refractivity contribution in [2.75, 3.05) is 11.1 Å². The molecule has 4 rings (SSSR count). The lowest BCUT2D eigenvalue weighted by Crippen LogP contribution is -2.21. The molecule has 2 aromatic heterocycles. The van der Waals surface area contributed by atoms with E-state index in [4.69, 9.17) is 12.2 Å². The number of aryl methyl sites for hydroxylation is 1. The van der Waals surface area contributed by atoms with E-state index in [2.05, 4.69) is 17.2 Å². The number of aromatic nitrogens is 3. The Bertz CT molecular complexity index is 1360. The minimum atomic E-state index is -0.172. The van der Waals surface area contributed by atoms with Gasteiger partial charge >= 0.3 is 0 Å². The van der Waals surface area contributed by atoms with Gasteiger partial charge in [0.1, 0.15) is 4.70 Å². The lowest BCUT2D eigenvalue weighted by atomic mass is 10.1. The highest BCUT2D eigenvalue weighted by Gasteiger charge is 2.17. The van der Waals surface area contributed by atoms with E-state index in [9.17, 15) is 9.59 Å². The minimum absolute atomic E-state index is 0.136. The number of para-hydroxylation sites is 1. The second kappa shape index (κ2) is 9.17. The van der Waals surface area contributed by atoms with Crippen LogP contribution in [0.15, 0.2) is 64.5 Å². The highest BCUT2D eigenvalue weighted by molar-refractivity contribution is 7.99. The molecule has 0 unspecified atom stereocenters. The number of rotatable bonds is 6. The summed E-state index contributed by atoms with van der Waals surface area (Å²) in [5, 5.41) is 3.35. The van der Waals surface area contributed by atoms with Crippen LogP contribution in [0.4, 0.5) is 5.69 Å². The molecule has 0 atom stereocenters. The van der Waals surface area contributed by atoms with Crippen LogP contribution in [-0.4, -0.2) is 25.8 Å². The van der Waals surface area contributed by atoms with Gasteiger partial charge in [-0.05, 0) is 48.5 Å². The summed E-state index contributed by atoms with van der Waals surface area (Å²) in [5.41, 5.74) is 3.15. The maximum absolute atomic E-state index is 12.9. The van der Waals surface area contributed by atoms with Crippen molar-refractivity contribution in [1.29, 1.82) is 0 Å². The Morgan fingerprint density at radius 3 is 2.55 bits per heavy atom. The van der Waals surface area contributed by atoms with Gasteiger partial charge in [-0.25, -0.2) is 4.98 Å². The van der Waals surface area contributed by atoms with E-state index in [-0.39, 0.29) is 17.2 Å². The molecule has 0 aliphatic heterocycles. The summed E-state index contributed by atoms with van der Waals surface area (Å²) in [7, 11) is 1.66. The molecule has 0 aliphatic carbocycles. The van der Waals surface area contributed by atoms with Gasteiger partial charge in [0.05, 0.1) is 5.75 Å². The van der Waals surface area contributed by atoms with E-state index >= 15 is 0 Å². The Balaban J connectivity index is 1.60. The predicted molar refractivity (Wildman–Crippen MR) is 130 cm³/mol. The van der Waals surface area contributed by atoms with Crippen molar-refractivity contribution < 1.29 is 4.79 Å². The van der Waals surface area contributed by atoms with Crippen LogP contribution in [0.5, 0.6) is 0 Å². The SMILES string of the molecule is CCc1ccc(NC(=O)CSc2nc3c(sc(=S)n3-c3ccccc3)c(=O)n2C)cc1. The van der Waals surface area contributed by atoms with Crippen LogP contribution in [0, 0.1) is 3.95 Å². The van der Waals surface area contributed by atoms with Crippen LogP contribution in [0.25, 0.3) is 16.0 Å². The lowest BCUT2D eigenvalue weighted by Gasteiger charge is -2.09. The number of anilines is 1. The molecule has 6 nitrogen and oxygen atoms in total. The van der Waals surface area contributed by atoms with Gasteiger partial charge in [-0.3, -0.25) is 18.7 Å². The van der Waals surface area contributed by atoms with Crippen LogP contribution >= 0.6 is 35.3 Å². The molecule has 2 aromatic carbocycles. The molecule has 4 aromatic rings. The molecule has 1 N–H and O–H groups in total. The first-order valence-electron chi connectivity index (χ1n) is 9.67. The number of hydrogen-bond donors (Lipinski definition) is 1. The molecule has 31 heavy (non-hydrogen) atoms. The molecule has 0 saturated carbocycles. The van der Waals surface area contributed by atoms with Crippen molar-refractivity contribution in [2.24, 2.45) is 7.05 Å². The topological polar surface area (TPSA) is 68.9 Å². The summed E-state index contributed by atoms with van der Waals surface area (Å²) in [6, 6.07) is 17.4. The smallest absolute Gasteiger partial charge is 0.273 e. The number of nitrogens with one attached hydrogen (secondary N) is 1. The number of carbonyl (C=O) groups excluding carboxylic acids is 1. The molecule has 0 fully saturated rings. The summed E-state index contributed by atoms with van der Waals surface area (Å²) in [4.78, 5) is 30.0. The second-order valence-electron chi connectivity index (χ2n) is 6.84. The molecular weight excluding hydrogens is 448 g/mol. The quantitative estimate of drug-likeness (QED) is 0.250. The first-order chi connectivity index (χ1) is 15.0. The first kappa shape index (κ1) is 21.5. The number of fused-ring (bicyclic) bond motifs is 1. The van der Waals surface area contributed by atoms with Crippen molar-refractivity contribution in [3.63, 3.8) is 0 Å². The molecule has 0 aliphatic rings. The van der Waals surface area contributed by atoms with Gasteiger partial charge in [-0.2, -0.15) is 0 Å². The van der Waals surface area contributed by atoms with Gasteiger partial charge in [0.2, 0.25) is 5.91 Å². The van der Waals surface area contributed by atoms with Gasteiger partial charge in [-0.15, -0.1) is 0 Å². The van der Waals surface area contributed by atoms with Crippen LogP contribution in [0.2, 0.25) is 0 Å². The second-order valence-corrected chi connectivity index (χ2v) is 9.42. The fourth-order valence-corrected chi connectivity index (χ4v) is 5.21. The summed E-state index contributed by atoms with van der Waals surface area (Å²) in [6.45, 7) is 2.09. The lowest BCUT2D eigenvalue weighted by molar-refractivity contribution is -0.113. The molecule has 0 bridgehead atoms. The van der Waals surface area contributed by atoms with Crippen molar-refractivity contribution in [3.8, 4) is 5.69 Å². The van der Waals surface area contributed by atoms with E-state index in [0.29, 0.717) is 19.5 Å². The largest absolute Gasteiger partial charge is 0.325 e. The van der Waals surface area contributed by atoms with Crippen molar-refractivity contribution in [3.05, 3.63) is 74.5 Å². The Morgan fingerprint density at radius 2 is 1.87 bits per heavy atom. The third-order valence-corrected chi connectivity index (χ3v) is 7.15. The van der Waals surface area contributed by atoms with Crippen LogP contribution in [0.3, 0.4) is 0 Å². The number of hydrogen-bond acceptors (Lipinski definition) is 6. The summed E-state index contributed by atoms with van der Waals surface area (Å²) < 4.78 is 4.33. The number of carbonyl (C=O) groups is 1. The van der Waals surface area contributed by atoms with Crippen molar-refractivity contribution in [1.82, 2.24) is 14.1 Å². The van der Waals surface area contributed by atoms with Crippen LogP contribution in [-0.2, 0) is 18.3 Å². The Labute approximate surface area is 192 Å². The Kier molecular flexibility index (Phi) is 6.35. The number of benzene rings is 2. The third kappa shape index (κ3) is 4.48. The monoisotopic (exact) mass is 468 g/mol. The normalized spacial score (nSPS) is 11.0. The van der Waals surface area contributed by atoms with E-state index in [1.165, 1.54) is 33.2 Å².